The van der Waals surface area contributed by atoms with Crippen LogP contribution in [0.4, 0.5) is 4.39 Å². The van der Waals surface area contributed by atoms with Crippen LogP contribution in [0.2, 0.25) is 0 Å². The Kier molecular flexibility index (Phi) is 8.32. The fourth-order valence-corrected chi connectivity index (χ4v) is 3.56. The predicted octanol–water partition coefficient (Wildman–Crippen LogP) is 2.85. The minimum Gasteiger partial charge on any atom is -0.380 e. The number of hydrogen-bond acceptors (Lipinski definition) is 3. The Hall–Kier alpha value is -1.66. The second-order valence-electron chi connectivity index (χ2n) is 6.64. The molecule has 26 heavy (non-hydrogen) atoms. The smallest absolute Gasteiger partial charge is 0.194 e. The molecule has 1 atom stereocenters. The van der Waals surface area contributed by atoms with Gasteiger partial charge >= 0.3 is 0 Å². The summed E-state index contributed by atoms with van der Waals surface area (Å²) in [7, 11) is 1.58. The quantitative estimate of drug-likeness (QED) is 0.569. The number of guanidine groups is 1. The summed E-state index contributed by atoms with van der Waals surface area (Å²) < 4.78 is 18.8. The Morgan fingerprint density at radius 1 is 1.35 bits per heavy atom. The van der Waals surface area contributed by atoms with Crippen LogP contribution in [0.1, 0.15) is 38.3 Å². The van der Waals surface area contributed by atoms with Gasteiger partial charge in [-0.3, -0.25) is 4.90 Å². The van der Waals surface area contributed by atoms with E-state index in [1.807, 2.05) is 6.07 Å². The number of benzene rings is 1. The van der Waals surface area contributed by atoms with E-state index in [4.69, 9.17) is 9.73 Å². The van der Waals surface area contributed by atoms with Gasteiger partial charge in [-0.05, 0) is 44.1 Å². The summed E-state index contributed by atoms with van der Waals surface area (Å²) in [5.74, 6) is 0.716. The summed E-state index contributed by atoms with van der Waals surface area (Å²) >= 11 is 0. The van der Waals surface area contributed by atoms with Crippen molar-refractivity contribution in [2.24, 2.45) is 4.99 Å². The lowest BCUT2D eigenvalue weighted by Gasteiger charge is -2.27. The lowest BCUT2D eigenvalue weighted by Crippen LogP contribution is -2.43. The molecule has 5 nitrogen and oxygen atoms in total. The van der Waals surface area contributed by atoms with E-state index in [-0.39, 0.29) is 12.4 Å². The maximum atomic E-state index is 13.8. The highest BCUT2D eigenvalue weighted by atomic mass is 19.1. The number of hydrogen-bond donors (Lipinski definition) is 1. The predicted molar refractivity (Wildman–Crippen MR) is 105 cm³/mol. The molecule has 0 saturated carbocycles. The lowest BCUT2D eigenvalue weighted by atomic mass is 10.1. The number of likely N-dealkylation sites (tertiary alicyclic amines) is 1. The highest BCUT2D eigenvalue weighted by molar-refractivity contribution is 5.80. The van der Waals surface area contributed by atoms with Crippen LogP contribution in [0.3, 0.4) is 0 Å². The Bertz CT molecular complexity index is 589. The molecule has 1 aromatic rings. The van der Waals surface area contributed by atoms with Gasteiger partial charge in [0.2, 0.25) is 0 Å². The molecule has 0 bridgehead atoms. The van der Waals surface area contributed by atoms with Crippen molar-refractivity contribution in [3.8, 4) is 0 Å². The van der Waals surface area contributed by atoms with E-state index < -0.39 is 0 Å². The van der Waals surface area contributed by atoms with Crippen LogP contribution in [-0.2, 0) is 17.9 Å². The van der Waals surface area contributed by atoms with Crippen molar-refractivity contribution in [1.82, 2.24) is 15.1 Å². The summed E-state index contributed by atoms with van der Waals surface area (Å²) in [5, 5.41) is 3.40. The Balaban J connectivity index is 2.06. The van der Waals surface area contributed by atoms with Gasteiger partial charge in [0.15, 0.2) is 5.96 Å². The number of halogens is 1. The number of methoxy groups -OCH3 is 1. The van der Waals surface area contributed by atoms with Crippen LogP contribution >= 0.6 is 0 Å². The average Bonchev–Trinajstić information content (AvgIpc) is 3.12. The fourth-order valence-electron chi connectivity index (χ4n) is 3.56. The van der Waals surface area contributed by atoms with E-state index in [0.29, 0.717) is 18.2 Å². The Morgan fingerprint density at radius 3 is 2.77 bits per heavy atom. The highest BCUT2D eigenvalue weighted by Crippen LogP contribution is 2.17. The molecule has 146 valence electrons. The van der Waals surface area contributed by atoms with Crippen molar-refractivity contribution in [3.63, 3.8) is 0 Å². The van der Waals surface area contributed by atoms with Gasteiger partial charge in [0, 0.05) is 38.3 Å². The van der Waals surface area contributed by atoms with Gasteiger partial charge in [0.05, 0.1) is 13.2 Å². The van der Waals surface area contributed by atoms with Crippen LogP contribution in [0.25, 0.3) is 0 Å². The molecule has 0 spiro atoms. The summed E-state index contributed by atoms with van der Waals surface area (Å²) in [6.45, 7) is 12.4. The molecule has 0 amide bonds. The second-order valence-corrected chi connectivity index (χ2v) is 6.64. The number of likely N-dealkylation sites (N-methyl/N-ethyl adjacent to an activating group) is 1. The fraction of sp³-hybridized carbons (Fsp3) is 0.650. The number of ether oxygens (including phenoxy) is 1. The first-order chi connectivity index (χ1) is 12.6. The molecule has 1 aliphatic rings. The molecule has 0 aromatic heterocycles. The average molecular weight is 365 g/mol. The number of rotatable bonds is 8. The van der Waals surface area contributed by atoms with Crippen molar-refractivity contribution in [2.75, 3.05) is 39.8 Å². The molecular formula is C20H33FN4O. The third-order valence-electron chi connectivity index (χ3n) is 4.95. The van der Waals surface area contributed by atoms with Crippen molar-refractivity contribution >= 4 is 5.96 Å². The minimum atomic E-state index is -0.229. The van der Waals surface area contributed by atoms with Gasteiger partial charge in [-0.1, -0.05) is 19.9 Å². The summed E-state index contributed by atoms with van der Waals surface area (Å²) in [6.07, 6.45) is 1.17. The van der Waals surface area contributed by atoms with Crippen LogP contribution < -0.4 is 5.32 Å². The lowest BCUT2D eigenvalue weighted by molar-refractivity contribution is 0.181. The number of nitrogens with zero attached hydrogens (tertiary/aromatic N) is 3. The molecule has 1 aromatic carbocycles. The normalized spacial score (nSPS) is 18.0. The zero-order chi connectivity index (χ0) is 18.9. The maximum Gasteiger partial charge on any atom is 0.194 e. The standard InChI is InChI=1S/C20H33FN4O/c1-5-22-20(25-11-10-18(14-25)24(6-2)7-3)23-13-16-8-9-19(21)17(12-16)15-26-4/h8-9,12,18H,5-7,10-11,13-15H2,1-4H3,(H,22,23). The molecular weight excluding hydrogens is 331 g/mol. The molecule has 1 saturated heterocycles. The molecule has 0 aliphatic carbocycles. The van der Waals surface area contributed by atoms with Crippen LogP contribution in [0.5, 0.6) is 0 Å². The van der Waals surface area contributed by atoms with Crippen LogP contribution in [0.15, 0.2) is 23.2 Å². The van der Waals surface area contributed by atoms with Crippen LogP contribution in [-0.4, -0.2) is 61.6 Å². The molecule has 0 radical (unpaired) electrons. The van der Waals surface area contributed by atoms with Gasteiger partial charge in [-0.25, -0.2) is 9.38 Å². The third-order valence-corrected chi connectivity index (χ3v) is 4.95. The van der Waals surface area contributed by atoms with Gasteiger partial charge < -0.3 is 15.0 Å². The molecule has 1 N–H and O–H groups in total. The third kappa shape index (κ3) is 5.42. The first kappa shape index (κ1) is 20.6. The van der Waals surface area contributed by atoms with E-state index in [1.54, 1.807) is 13.2 Å². The molecule has 1 fully saturated rings. The van der Waals surface area contributed by atoms with E-state index in [2.05, 4.69) is 35.9 Å². The zero-order valence-corrected chi connectivity index (χ0v) is 16.6. The van der Waals surface area contributed by atoms with E-state index in [0.717, 1.165) is 44.2 Å². The zero-order valence-electron chi connectivity index (χ0n) is 16.6. The summed E-state index contributed by atoms with van der Waals surface area (Å²) in [5.41, 5.74) is 1.57. The molecule has 1 heterocycles. The first-order valence-electron chi connectivity index (χ1n) is 9.66. The number of aliphatic imine (C=N–C) groups is 1. The highest BCUT2D eigenvalue weighted by Gasteiger charge is 2.27. The minimum absolute atomic E-state index is 0.229. The monoisotopic (exact) mass is 364 g/mol. The second kappa shape index (κ2) is 10.5. The van der Waals surface area contributed by atoms with Gasteiger partial charge in [-0.2, -0.15) is 0 Å². The van der Waals surface area contributed by atoms with Crippen molar-refractivity contribution in [1.29, 1.82) is 0 Å². The van der Waals surface area contributed by atoms with Gasteiger partial charge in [0.1, 0.15) is 5.82 Å². The van der Waals surface area contributed by atoms with Crippen molar-refractivity contribution in [2.45, 2.75) is 46.4 Å². The largest absolute Gasteiger partial charge is 0.380 e. The van der Waals surface area contributed by atoms with Gasteiger partial charge in [-0.15, -0.1) is 0 Å². The van der Waals surface area contributed by atoms with Gasteiger partial charge in [0.25, 0.3) is 0 Å². The van der Waals surface area contributed by atoms with E-state index >= 15 is 0 Å². The number of nitrogens with one attached hydrogen (secondary N) is 1. The topological polar surface area (TPSA) is 40.1 Å². The molecule has 1 unspecified atom stereocenters. The summed E-state index contributed by atoms with van der Waals surface area (Å²) in [6, 6.07) is 5.73. The first-order valence-corrected chi connectivity index (χ1v) is 9.66. The van der Waals surface area contributed by atoms with Crippen molar-refractivity contribution < 1.29 is 9.13 Å². The van der Waals surface area contributed by atoms with E-state index in [9.17, 15) is 4.39 Å². The Morgan fingerprint density at radius 2 is 2.12 bits per heavy atom. The molecule has 1 aliphatic heterocycles. The molecule has 2 rings (SSSR count). The maximum absolute atomic E-state index is 13.8. The van der Waals surface area contributed by atoms with Crippen LogP contribution in [0, 0.1) is 5.82 Å². The Labute approximate surface area is 157 Å². The van der Waals surface area contributed by atoms with Crippen molar-refractivity contribution in [3.05, 3.63) is 35.1 Å². The van der Waals surface area contributed by atoms with E-state index in [1.165, 1.54) is 12.5 Å². The SMILES string of the molecule is CCNC(=NCc1ccc(F)c(COC)c1)N1CCC(N(CC)CC)C1. The summed E-state index contributed by atoms with van der Waals surface area (Å²) in [4.78, 5) is 9.65. The molecule has 6 heteroatoms.